The quantitative estimate of drug-likeness (QED) is 0.834. The molecule has 0 atom stereocenters. The highest BCUT2D eigenvalue weighted by Crippen LogP contribution is 2.25. The van der Waals surface area contributed by atoms with Crippen LogP contribution in [-0.4, -0.2) is 42.0 Å². The number of thioether (sulfide) groups is 1. The van der Waals surface area contributed by atoms with Crippen LogP contribution in [0.5, 0.6) is 0 Å². The number of carbonyl (C=O) groups is 1. The normalized spacial score (nSPS) is 10.8. The second kappa shape index (κ2) is 5.44. The number of carboxylic acids is 1. The monoisotopic (exact) mass is 285 g/mol. The molecule has 18 heavy (non-hydrogen) atoms. The van der Waals surface area contributed by atoms with Crippen molar-refractivity contribution in [1.29, 1.82) is 0 Å². The molecule has 0 amide bonds. The fraction of sp³-hybridized carbons (Fsp3) is 0.444. The van der Waals surface area contributed by atoms with Gasteiger partial charge in [0.1, 0.15) is 0 Å². The Bertz CT molecular complexity index is 565. The molecule has 0 saturated carbocycles. The number of hydrogen-bond acceptors (Lipinski definition) is 7. The molecule has 96 valence electrons. The zero-order valence-corrected chi connectivity index (χ0v) is 11.5. The van der Waals surface area contributed by atoms with Crippen LogP contribution >= 0.6 is 23.1 Å². The maximum Gasteiger partial charge on any atom is 0.358 e. The summed E-state index contributed by atoms with van der Waals surface area (Å²) in [7, 11) is 0. The Kier molecular flexibility index (Phi) is 3.92. The van der Waals surface area contributed by atoms with E-state index in [4.69, 9.17) is 5.11 Å². The molecule has 0 aromatic carbocycles. The molecule has 7 nitrogen and oxygen atoms in total. The zero-order valence-electron chi connectivity index (χ0n) is 9.82. The number of aromatic nitrogens is 5. The third-order valence-corrected chi connectivity index (χ3v) is 4.34. The first-order valence-corrected chi connectivity index (χ1v) is 7.06. The van der Waals surface area contributed by atoms with Crippen LogP contribution in [0.3, 0.4) is 0 Å². The molecule has 0 saturated heterocycles. The minimum absolute atomic E-state index is 0.0621. The van der Waals surface area contributed by atoms with Crippen LogP contribution in [-0.2, 0) is 0 Å². The zero-order chi connectivity index (χ0) is 13.1. The SMILES string of the molecule is CCCSc1nnc(-n2nnc(C(=O)O)c2C)s1. The fourth-order valence-corrected chi connectivity index (χ4v) is 3.01. The second-order valence-electron chi connectivity index (χ2n) is 3.44. The van der Waals surface area contributed by atoms with Gasteiger partial charge in [0.25, 0.3) is 0 Å². The highest BCUT2D eigenvalue weighted by molar-refractivity contribution is 8.01. The Morgan fingerprint density at radius 2 is 2.22 bits per heavy atom. The first-order chi connectivity index (χ1) is 8.63. The van der Waals surface area contributed by atoms with E-state index in [9.17, 15) is 4.79 Å². The van der Waals surface area contributed by atoms with Crippen molar-refractivity contribution >= 4 is 29.1 Å². The largest absolute Gasteiger partial charge is 0.476 e. The van der Waals surface area contributed by atoms with Gasteiger partial charge in [-0.3, -0.25) is 0 Å². The topological polar surface area (TPSA) is 93.8 Å². The minimum Gasteiger partial charge on any atom is -0.476 e. The van der Waals surface area contributed by atoms with Gasteiger partial charge in [-0.25, -0.2) is 4.79 Å². The summed E-state index contributed by atoms with van der Waals surface area (Å²) in [6.45, 7) is 3.74. The lowest BCUT2D eigenvalue weighted by Gasteiger charge is -1.95. The number of aromatic carboxylic acids is 1. The highest BCUT2D eigenvalue weighted by atomic mass is 32.2. The average Bonchev–Trinajstić information content (AvgIpc) is 2.92. The van der Waals surface area contributed by atoms with Gasteiger partial charge in [-0.05, 0) is 13.3 Å². The minimum atomic E-state index is -1.09. The molecule has 1 N–H and O–H groups in total. The van der Waals surface area contributed by atoms with E-state index in [1.165, 1.54) is 16.0 Å². The molecule has 9 heteroatoms. The molecule has 2 aromatic heterocycles. The second-order valence-corrected chi connectivity index (χ2v) is 5.74. The molecule has 2 heterocycles. The predicted molar refractivity (Wildman–Crippen MR) is 67.5 cm³/mol. The molecule has 0 spiro atoms. The molecule has 0 aliphatic carbocycles. The lowest BCUT2D eigenvalue weighted by Crippen LogP contribution is -2.02. The van der Waals surface area contributed by atoms with Gasteiger partial charge in [-0.1, -0.05) is 35.2 Å². The summed E-state index contributed by atoms with van der Waals surface area (Å²) in [5.74, 6) is -0.116. The van der Waals surface area contributed by atoms with Gasteiger partial charge in [0.15, 0.2) is 10.0 Å². The van der Waals surface area contributed by atoms with Crippen LogP contribution in [0.15, 0.2) is 4.34 Å². The van der Waals surface area contributed by atoms with Crippen molar-refractivity contribution in [3.63, 3.8) is 0 Å². The molecule has 0 fully saturated rings. The Balaban J connectivity index is 2.26. The molecule has 2 rings (SSSR count). The average molecular weight is 285 g/mol. The van der Waals surface area contributed by atoms with Gasteiger partial charge in [0, 0.05) is 5.75 Å². The van der Waals surface area contributed by atoms with Crippen LogP contribution in [0.1, 0.15) is 29.5 Å². The summed E-state index contributed by atoms with van der Waals surface area (Å²) in [6.07, 6.45) is 1.06. The third-order valence-electron chi connectivity index (χ3n) is 2.10. The van der Waals surface area contributed by atoms with E-state index < -0.39 is 5.97 Å². The van der Waals surface area contributed by atoms with E-state index in [1.807, 2.05) is 0 Å². The highest BCUT2D eigenvalue weighted by Gasteiger charge is 2.18. The third kappa shape index (κ3) is 2.51. The van der Waals surface area contributed by atoms with Gasteiger partial charge >= 0.3 is 5.97 Å². The van der Waals surface area contributed by atoms with Gasteiger partial charge in [-0.15, -0.1) is 15.3 Å². The Hall–Kier alpha value is -1.48. The van der Waals surface area contributed by atoms with Crippen LogP contribution in [0.2, 0.25) is 0 Å². The van der Waals surface area contributed by atoms with Gasteiger partial charge in [0.05, 0.1) is 5.69 Å². The van der Waals surface area contributed by atoms with E-state index >= 15 is 0 Å². The Morgan fingerprint density at radius 3 is 2.83 bits per heavy atom. The molecular formula is C9H11N5O2S2. The number of nitrogens with zero attached hydrogens (tertiary/aromatic N) is 5. The van der Waals surface area contributed by atoms with Gasteiger partial charge < -0.3 is 5.11 Å². The maximum atomic E-state index is 10.9. The molecule has 0 radical (unpaired) electrons. The first-order valence-electron chi connectivity index (χ1n) is 5.25. The number of rotatable bonds is 5. The Labute approximate surface area is 111 Å². The summed E-state index contributed by atoms with van der Waals surface area (Å²) < 4.78 is 2.25. The van der Waals surface area contributed by atoms with E-state index in [1.54, 1.807) is 18.7 Å². The van der Waals surface area contributed by atoms with Crippen molar-refractivity contribution in [1.82, 2.24) is 25.2 Å². The summed E-state index contributed by atoms with van der Waals surface area (Å²) in [5, 5.41) is 24.8. The van der Waals surface area contributed by atoms with Crippen LogP contribution < -0.4 is 0 Å². The van der Waals surface area contributed by atoms with E-state index in [-0.39, 0.29) is 5.69 Å². The van der Waals surface area contributed by atoms with Crippen LogP contribution in [0, 0.1) is 6.92 Å². The van der Waals surface area contributed by atoms with Gasteiger partial charge in [0.2, 0.25) is 5.13 Å². The lowest BCUT2D eigenvalue weighted by atomic mass is 10.3. The maximum absolute atomic E-state index is 10.9. The number of carboxylic acid groups (broad SMARTS) is 1. The summed E-state index contributed by atoms with van der Waals surface area (Å²) in [4.78, 5) is 10.9. The van der Waals surface area contributed by atoms with E-state index in [2.05, 4.69) is 27.4 Å². The van der Waals surface area contributed by atoms with Crippen molar-refractivity contribution in [2.75, 3.05) is 5.75 Å². The Morgan fingerprint density at radius 1 is 1.44 bits per heavy atom. The lowest BCUT2D eigenvalue weighted by molar-refractivity contribution is 0.0689. The van der Waals surface area contributed by atoms with Crippen LogP contribution in [0.4, 0.5) is 0 Å². The van der Waals surface area contributed by atoms with Gasteiger partial charge in [-0.2, -0.15) is 4.68 Å². The molecule has 0 bridgehead atoms. The van der Waals surface area contributed by atoms with Crippen molar-refractivity contribution in [3.05, 3.63) is 11.4 Å². The van der Waals surface area contributed by atoms with E-state index in [0.29, 0.717) is 10.8 Å². The van der Waals surface area contributed by atoms with E-state index in [0.717, 1.165) is 16.5 Å². The molecule has 0 aliphatic heterocycles. The van der Waals surface area contributed by atoms with Crippen molar-refractivity contribution < 1.29 is 9.90 Å². The predicted octanol–water partition coefficient (Wildman–Crippen LogP) is 1.63. The molecule has 0 unspecified atom stereocenters. The standard InChI is InChI=1S/C9H11N5O2S2/c1-3-4-17-9-12-11-8(18-9)14-5(2)6(7(15)16)10-13-14/h3-4H2,1-2H3,(H,15,16). The van der Waals surface area contributed by atoms with Crippen molar-refractivity contribution in [2.45, 2.75) is 24.6 Å². The molecule has 2 aromatic rings. The smallest absolute Gasteiger partial charge is 0.358 e. The summed E-state index contributed by atoms with van der Waals surface area (Å²) in [6, 6.07) is 0. The summed E-state index contributed by atoms with van der Waals surface area (Å²) >= 11 is 3.00. The fourth-order valence-electron chi connectivity index (χ4n) is 1.24. The molecular weight excluding hydrogens is 274 g/mol. The summed E-state index contributed by atoms with van der Waals surface area (Å²) in [5.41, 5.74) is 0.388. The van der Waals surface area contributed by atoms with Crippen LogP contribution in [0.25, 0.3) is 5.13 Å². The van der Waals surface area contributed by atoms with Crippen molar-refractivity contribution in [2.24, 2.45) is 0 Å². The first kappa shape index (κ1) is 13.0. The molecule has 0 aliphatic rings. The number of hydrogen-bond donors (Lipinski definition) is 1. The van der Waals surface area contributed by atoms with Crippen molar-refractivity contribution in [3.8, 4) is 5.13 Å².